The number of ether oxygens (including phenoxy) is 1. The summed E-state index contributed by atoms with van der Waals surface area (Å²) in [5, 5.41) is -0.475. The first-order valence-corrected chi connectivity index (χ1v) is 8.50. The molecule has 1 aliphatic carbocycles. The number of benzene rings is 1. The van der Waals surface area contributed by atoms with E-state index in [1.54, 1.807) is 0 Å². The molecule has 1 aromatic carbocycles. The van der Waals surface area contributed by atoms with E-state index >= 15 is 0 Å². The average molecular weight is 390 g/mol. The zero-order chi connectivity index (χ0) is 19.1. The van der Waals surface area contributed by atoms with Crippen LogP contribution >= 0.6 is 11.6 Å². The van der Waals surface area contributed by atoms with Crippen LogP contribution in [0.4, 0.5) is 18.9 Å². The van der Waals surface area contributed by atoms with E-state index in [4.69, 9.17) is 27.8 Å². The van der Waals surface area contributed by atoms with Gasteiger partial charge in [-0.05, 0) is 31.7 Å². The van der Waals surface area contributed by atoms with Crippen molar-refractivity contribution < 1.29 is 17.9 Å². The van der Waals surface area contributed by atoms with Gasteiger partial charge in [0.25, 0.3) is 0 Å². The second-order valence-electron chi connectivity index (χ2n) is 6.32. The molecular weight excluding hydrogens is 371 g/mol. The molecule has 142 valence electrons. The zero-order valence-electron chi connectivity index (χ0n) is 14.1. The lowest BCUT2D eigenvalue weighted by molar-refractivity contribution is -0.137. The highest BCUT2D eigenvalue weighted by Gasteiger charge is 2.45. The molecule has 6 nitrogen and oxygen atoms in total. The van der Waals surface area contributed by atoms with Gasteiger partial charge in [-0.15, -0.1) is 0 Å². The quantitative estimate of drug-likeness (QED) is 0.810. The Labute approximate surface area is 153 Å². The van der Waals surface area contributed by atoms with E-state index < -0.39 is 22.4 Å². The standard InChI is InChI=1S/C16H19ClF3N5O/c1-26-9-7-10(16(18,19)20)12(17)11(8-9)25-14(22)23-13(21)24-15(25)5-3-2-4-6-15/h7-8H,2-6H2,1H3,(H4,21,22,23,24). The first kappa shape index (κ1) is 18.6. The Balaban J connectivity index is 2.21. The van der Waals surface area contributed by atoms with Gasteiger partial charge in [-0.1, -0.05) is 18.0 Å². The van der Waals surface area contributed by atoms with Crippen LogP contribution in [-0.2, 0) is 6.18 Å². The number of hydrogen-bond acceptors (Lipinski definition) is 6. The number of hydrogen-bond donors (Lipinski definition) is 2. The average Bonchev–Trinajstić information content (AvgIpc) is 2.55. The van der Waals surface area contributed by atoms with Crippen molar-refractivity contribution in [2.24, 2.45) is 21.5 Å². The number of aliphatic imine (C=N–C) groups is 2. The fourth-order valence-electron chi connectivity index (χ4n) is 3.54. The van der Waals surface area contributed by atoms with Gasteiger partial charge in [-0.2, -0.15) is 18.2 Å². The van der Waals surface area contributed by atoms with Crippen LogP contribution in [0.1, 0.15) is 37.7 Å². The van der Waals surface area contributed by atoms with Crippen molar-refractivity contribution in [3.8, 4) is 5.75 Å². The summed E-state index contributed by atoms with van der Waals surface area (Å²) in [6.07, 6.45) is -0.800. The van der Waals surface area contributed by atoms with E-state index in [0.717, 1.165) is 25.3 Å². The fourth-order valence-corrected chi connectivity index (χ4v) is 3.84. The summed E-state index contributed by atoms with van der Waals surface area (Å²) in [7, 11) is 1.29. The minimum absolute atomic E-state index is 0.00992. The summed E-state index contributed by atoms with van der Waals surface area (Å²) < 4.78 is 45.4. The summed E-state index contributed by atoms with van der Waals surface area (Å²) in [4.78, 5) is 9.85. The molecule has 0 bridgehead atoms. The summed E-state index contributed by atoms with van der Waals surface area (Å²) in [6, 6.07) is 2.27. The predicted molar refractivity (Wildman–Crippen MR) is 94.5 cm³/mol. The third kappa shape index (κ3) is 3.15. The lowest BCUT2D eigenvalue weighted by atomic mass is 9.87. The molecular formula is C16H19ClF3N5O. The number of nitrogens with two attached hydrogens (primary N) is 2. The molecule has 0 saturated heterocycles. The Morgan fingerprint density at radius 2 is 1.85 bits per heavy atom. The molecule has 1 aliphatic heterocycles. The van der Waals surface area contributed by atoms with Crippen LogP contribution in [0.15, 0.2) is 22.1 Å². The van der Waals surface area contributed by atoms with Crippen molar-refractivity contribution in [2.75, 3.05) is 12.0 Å². The lowest BCUT2D eigenvalue weighted by Crippen LogP contribution is -2.58. The van der Waals surface area contributed by atoms with Gasteiger partial charge in [-0.3, -0.25) is 4.90 Å². The molecule has 3 rings (SSSR count). The highest BCUT2D eigenvalue weighted by molar-refractivity contribution is 6.35. The van der Waals surface area contributed by atoms with Gasteiger partial charge < -0.3 is 16.2 Å². The van der Waals surface area contributed by atoms with Crippen LogP contribution < -0.4 is 21.1 Å². The number of halogens is 4. The monoisotopic (exact) mass is 389 g/mol. The van der Waals surface area contributed by atoms with E-state index in [9.17, 15) is 13.2 Å². The molecule has 1 heterocycles. The van der Waals surface area contributed by atoms with Crippen LogP contribution in [0.2, 0.25) is 5.02 Å². The SMILES string of the molecule is COc1cc(N2C(N)=NC(N)=NC23CCCCC3)c(Cl)c(C(F)(F)F)c1. The molecule has 0 aromatic heterocycles. The van der Waals surface area contributed by atoms with Gasteiger partial charge in [0.05, 0.1) is 23.4 Å². The van der Waals surface area contributed by atoms with Crippen molar-refractivity contribution in [1.82, 2.24) is 0 Å². The van der Waals surface area contributed by atoms with E-state index in [-0.39, 0.29) is 23.4 Å². The number of anilines is 1. The largest absolute Gasteiger partial charge is 0.497 e. The maximum absolute atomic E-state index is 13.4. The number of alkyl halides is 3. The van der Waals surface area contributed by atoms with Crippen LogP contribution in [0.5, 0.6) is 5.75 Å². The van der Waals surface area contributed by atoms with Crippen molar-refractivity contribution in [2.45, 2.75) is 43.9 Å². The van der Waals surface area contributed by atoms with E-state index in [1.165, 1.54) is 18.1 Å². The van der Waals surface area contributed by atoms with Gasteiger partial charge in [-0.25, -0.2) is 4.99 Å². The normalized spacial score (nSPS) is 20.0. The van der Waals surface area contributed by atoms with Crippen LogP contribution in [0, 0.1) is 0 Å². The summed E-state index contributed by atoms with van der Waals surface area (Å²) in [6.45, 7) is 0. The molecule has 0 radical (unpaired) electrons. The minimum Gasteiger partial charge on any atom is -0.497 e. The van der Waals surface area contributed by atoms with Crippen LogP contribution in [0.3, 0.4) is 0 Å². The Bertz CT molecular complexity index is 772. The number of guanidine groups is 2. The Morgan fingerprint density at radius 1 is 1.19 bits per heavy atom. The first-order valence-electron chi connectivity index (χ1n) is 8.12. The molecule has 4 N–H and O–H groups in total. The predicted octanol–water partition coefficient (Wildman–Crippen LogP) is 3.48. The van der Waals surface area contributed by atoms with Gasteiger partial charge in [0, 0.05) is 6.07 Å². The molecule has 26 heavy (non-hydrogen) atoms. The number of rotatable bonds is 2. The summed E-state index contributed by atoms with van der Waals surface area (Å²) >= 11 is 6.15. The highest BCUT2D eigenvalue weighted by Crippen LogP contribution is 2.47. The van der Waals surface area contributed by atoms with Crippen molar-refractivity contribution in [3.63, 3.8) is 0 Å². The van der Waals surface area contributed by atoms with Crippen LogP contribution in [-0.4, -0.2) is 24.7 Å². The lowest BCUT2D eigenvalue weighted by Gasteiger charge is -2.46. The molecule has 1 saturated carbocycles. The van der Waals surface area contributed by atoms with Crippen LogP contribution in [0.25, 0.3) is 0 Å². The summed E-state index contributed by atoms with van der Waals surface area (Å²) in [5.41, 5.74) is 10.00. The molecule has 1 spiro atoms. The molecule has 0 amide bonds. The Hall–Kier alpha value is -2.16. The second kappa shape index (κ2) is 6.53. The van der Waals surface area contributed by atoms with Crippen molar-refractivity contribution in [1.29, 1.82) is 0 Å². The molecule has 10 heteroatoms. The third-order valence-corrected chi connectivity index (χ3v) is 5.06. The Kier molecular flexibility index (Phi) is 4.68. The van der Waals surface area contributed by atoms with Gasteiger partial charge in [0.1, 0.15) is 11.4 Å². The van der Waals surface area contributed by atoms with E-state index in [0.29, 0.717) is 12.8 Å². The maximum atomic E-state index is 13.4. The minimum atomic E-state index is -4.65. The van der Waals surface area contributed by atoms with Crippen molar-refractivity contribution in [3.05, 3.63) is 22.7 Å². The number of nitrogens with zero attached hydrogens (tertiary/aromatic N) is 3. The molecule has 2 aliphatic rings. The highest BCUT2D eigenvalue weighted by atomic mass is 35.5. The maximum Gasteiger partial charge on any atom is 0.418 e. The van der Waals surface area contributed by atoms with Gasteiger partial charge in [0.15, 0.2) is 0 Å². The molecule has 0 unspecified atom stereocenters. The second-order valence-corrected chi connectivity index (χ2v) is 6.70. The zero-order valence-corrected chi connectivity index (χ0v) is 14.9. The summed E-state index contributed by atoms with van der Waals surface area (Å²) in [5.74, 6) is -0.0172. The van der Waals surface area contributed by atoms with Crippen molar-refractivity contribution >= 4 is 29.2 Å². The number of methoxy groups -OCH3 is 1. The fraction of sp³-hybridized carbons (Fsp3) is 0.500. The Morgan fingerprint density at radius 3 is 2.42 bits per heavy atom. The van der Waals surface area contributed by atoms with E-state index in [2.05, 4.69) is 9.98 Å². The van der Waals surface area contributed by atoms with Gasteiger partial charge >= 0.3 is 6.18 Å². The topological polar surface area (TPSA) is 89.2 Å². The van der Waals surface area contributed by atoms with E-state index in [1.807, 2.05) is 0 Å². The third-order valence-electron chi connectivity index (χ3n) is 4.66. The molecule has 1 aromatic rings. The molecule has 0 atom stereocenters. The molecule has 1 fully saturated rings. The smallest absolute Gasteiger partial charge is 0.418 e. The first-order chi connectivity index (χ1) is 12.2. The van der Waals surface area contributed by atoms with Gasteiger partial charge in [0.2, 0.25) is 11.9 Å².